The molecule has 2 rings (SSSR count). The summed E-state index contributed by atoms with van der Waals surface area (Å²) < 4.78 is 24.7. The Labute approximate surface area is 117 Å². The van der Waals surface area contributed by atoms with E-state index in [0.29, 0.717) is 24.8 Å². The Kier molecular flexibility index (Phi) is 5.22. The Morgan fingerprint density at radius 3 is 2.16 bits per heavy atom. The average Bonchev–Trinajstić information content (AvgIpc) is 2.35. The van der Waals surface area contributed by atoms with Gasteiger partial charge < -0.3 is 5.73 Å². The van der Waals surface area contributed by atoms with E-state index < -0.39 is 9.84 Å². The molecule has 6 heteroatoms. The van der Waals surface area contributed by atoms with Crippen molar-refractivity contribution >= 4 is 9.84 Å². The molecule has 0 bridgehead atoms. The van der Waals surface area contributed by atoms with Crippen molar-refractivity contribution < 1.29 is 8.42 Å². The minimum Gasteiger partial charge on any atom is -0.329 e. The van der Waals surface area contributed by atoms with Crippen LogP contribution in [0.4, 0.5) is 0 Å². The summed E-state index contributed by atoms with van der Waals surface area (Å²) in [5.41, 5.74) is 5.53. The van der Waals surface area contributed by atoms with Crippen LogP contribution in [-0.2, 0) is 9.84 Å². The summed E-state index contributed by atoms with van der Waals surface area (Å²) in [7, 11) is -2.92. The molecular weight excluding hydrogens is 262 g/mol. The normalized spacial score (nSPS) is 30.2. The van der Waals surface area contributed by atoms with Crippen molar-refractivity contribution in [2.24, 2.45) is 11.7 Å². The summed E-state index contributed by atoms with van der Waals surface area (Å²) in [5, 5.41) is 4.18. The highest BCUT2D eigenvalue weighted by molar-refractivity contribution is 7.92. The second-order valence-electron chi connectivity index (χ2n) is 5.94. The molecule has 0 atom stereocenters. The van der Waals surface area contributed by atoms with E-state index >= 15 is 0 Å². The minimum absolute atomic E-state index is 0.0899. The van der Waals surface area contributed by atoms with E-state index in [2.05, 4.69) is 16.9 Å². The van der Waals surface area contributed by atoms with E-state index in [9.17, 15) is 8.42 Å². The van der Waals surface area contributed by atoms with Gasteiger partial charge in [-0.05, 0) is 31.6 Å². The van der Waals surface area contributed by atoms with Gasteiger partial charge in [-0.2, -0.15) is 0 Å². The molecule has 1 saturated heterocycles. The van der Waals surface area contributed by atoms with E-state index in [1.54, 1.807) is 0 Å². The van der Waals surface area contributed by atoms with Crippen LogP contribution in [-0.4, -0.2) is 62.2 Å². The highest BCUT2D eigenvalue weighted by atomic mass is 32.2. The Balaban J connectivity index is 1.78. The van der Waals surface area contributed by atoms with Crippen LogP contribution >= 0.6 is 0 Å². The van der Waals surface area contributed by atoms with Gasteiger partial charge in [-0.3, -0.25) is 0 Å². The monoisotopic (exact) mass is 289 g/mol. The fraction of sp³-hybridized carbons (Fsp3) is 1.00. The first-order chi connectivity index (χ1) is 9.03. The fourth-order valence-electron chi connectivity index (χ4n) is 3.03. The number of nitrogens with zero attached hydrogens (tertiary/aromatic N) is 2. The van der Waals surface area contributed by atoms with Crippen LogP contribution in [0, 0.1) is 5.92 Å². The Hall–Kier alpha value is -0.170. The van der Waals surface area contributed by atoms with Crippen LogP contribution < -0.4 is 5.73 Å². The van der Waals surface area contributed by atoms with Gasteiger partial charge in [0.25, 0.3) is 0 Å². The molecule has 1 aliphatic carbocycles. The van der Waals surface area contributed by atoms with Gasteiger partial charge in [0.15, 0.2) is 9.84 Å². The molecule has 5 nitrogen and oxygen atoms in total. The summed E-state index contributed by atoms with van der Waals surface area (Å²) in [4.78, 5) is 0. The van der Waals surface area contributed by atoms with Gasteiger partial charge in [0.2, 0.25) is 0 Å². The third-order valence-corrected chi connectivity index (χ3v) is 6.75. The number of sulfone groups is 1. The van der Waals surface area contributed by atoms with Crippen molar-refractivity contribution in [1.29, 1.82) is 0 Å². The number of hydrogen-bond donors (Lipinski definition) is 1. The van der Waals surface area contributed by atoms with Crippen molar-refractivity contribution in [2.75, 3.05) is 38.5 Å². The van der Waals surface area contributed by atoms with Gasteiger partial charge in [-0.15, -0.1) is 0 Å². The van der Waals surface area contributed by atoms with Crippen molar-refractivity contribution in [3.05, 3.63) is 0 Å². The van der Waals surface area contributed by atoms with Gasteiger partial charge in [0.05, 0.1) is 11.0 Å². The van der Waals surface area contributed by atoms with Crippen LogP contribution in [0.1, 0.15) is 32.6 Å². The molecule has 2 fully saturated rings. The van der Waals surface area contributed by atoms with Gasteiger partial charge in [-0.25, -0.2) is 18.4 Å². The maximum absolute atomic E-state index is 12.3. The third-order valence-electron chi connectivity index (χ3n) is 4.51. The molecule has 0 aromatic rings. The first-order valence-corrected chi connectivity index (χ1v) is 9.16. The van der Waals surface area contributed by atoms with Gasteiger partial charge in [-0.1, -0.05) is 6.92 Å². The van der Waals surface area contributed by atoms with Gasteiger partial charge in [0, 0.05) is 32.7 Å². The quantitative estimate of drug-likeness (QED) is 0.770. The zero-order valence-corrected chi connectivity index (χ0v) is 12.7. The number of nitrogens with two attached hydrogens (primary N) is 1. The van der Waals surface area contributed by atoms with Crippen LogP contribution in [0.15, 0.2) is 0 Å². The molecule has 1 heterocycles. The molecule has 0 radical (unpaired) electrons. The second kappa shape index (κ2) is 6.52. The summed E-state index contributed by atoms with van der Waals surface area (Å²) in [6.07, 6.45) is 3.84. The Morgan fingerprint density at radius 1 is 1.05 bits per heavy atom. The number of rotatable bonds is 6. The molecule has 0 amide bonds. The minimum atomic E-state index is -2.92. The smallest absolute Gasteiger partial charge is 0.154 e. The molecule has 0 spiro atoms. The largest absolute Gasteiger partial charge is 0.329 e. The molecule has 1 saturated carbocycles. The SMILES string of the molecule is CC1CCC(S(=O)(=O)CCN2CCN2CCN)CC1. The Morgan fingerprint density at radius 2 is 1.63 bits per heavy atom. The number of hydrogen-bond acceptors (Lipinski definition) is 5. The molecular formula is C13H27N3O2S. The average molecular weight is 289 g/mol. The zero-order valence-electron chi connectivity index (χ0n) is 11.9. The van der Waals surface area contributed by atoms with E-state index in [1.165, 1.54) is 0 Å². The second-order valence-corrected chi connectivity index (χ2v) is 8.35. The van der Waals surface area contributed by atoms with Crippen LogP contribution in [0.25, 0.3) is 0 Å². The van der Waals surface area contributed by atoms with E-state index in [4.69, 9.17) is 5.73 Å². The summed E-state index contributed by atoms with van der Waals surface area (Å²) in [6.45, 7) is 6.29. The first-order valence-electron chi connectivity index (χ1n) is 7.44. The summed E-state index contributed by atoms with van der Waals surface area (Å²) in [5.74, 6) is 0.995. The maximum Gasteiger partial charge on any atom is 0.154 e. The van der Waals surface area contributed by atoms with Gasteiger partial charge in [0.1, 0.15) is 0 Å². The summed E-state index contributed by atoms with van der Waals surface area (Å²) >= 11 is 0. The third kappa shape index (κ3) is 3.90. The molecule has 0 unspecified atom stereocenters. The highest BCUT2D eigenvalue weighted by Crippen LogP contribution is 2.28. The molecule has 112 valence electrons. The standard InChI is InChI=1S/C13H27N3O2S/c1-12-2-4-13(5-3-12)19(17,18)11-10-16-9-8-15(16)7-6-14/h12-13H,2-11,14H2,1H3. The predicted octanol–water partition coefficient (Wildman–Crippen LogP) is 0.471. The lowest BCUT2D eigenvalue weighted by atomic mass is 9.91. The Bertz CT molecular complexity index is 377. The van der Waals surface area contributed by atoms with E-state index in [-0.39, 0.29) is 5.25 Å². The molecule has 0 aromatic heterocycles. The molecule has 2 aliphatic rings. The lowest BCUT2D eigenvalue weighted by Gasteiger charge is -2.44. The van der Waals surface area contributed by atoms with Gasteiger partial charge >= 0.3 is 0 Å². The summed E-state index contributed by atoms with van der Waals surface area (Å²) in [6, 6.07) is 0. The highest BCUT2D eigenvalue weighted by Gasteiger charge is 2.31. The van der Waals surface area contributed by atoms with Crippen LogP contribution in [0.5, 0.6) is 0 Å². The molecule has 2 N–H and O–H groups in total. The molecule has 1 aliphatic heterocycles. The van der Waals surface area contributed by atoms with Crippen molar-refractivity contribution in [1.82, 2.24) is 10.0 Å². The fourth-order valence-corrected chi connectivity index (χ4v) is 4.82. The number of hydrazine groups is 1. The predicted molar refractivity (Wildman–Crippen MR) is 77.4 cm³/mol. The van der Waals surface area contributed by atoms with E-state index in [0.717, 1.165) is 45.3 Å². The lowest BCUT2D eigenvalue weighted by Crippen LogP contribution is -2.59. The maximum atomic E-state index is 12.3. The first kappa shape index (κ1) is 15.2. The van der Waals surface area contributed by atoms with E-state index in [1.807, 2.05) is 0 Å². The van der Waals surface area contributed by atoms with Crippen molar-refractivity contribution in [3.8, 4) is 0 Å². The zero-order chi connectivity index (χ0) is 13.9. The molecule has 19 heavy (non-hydrogen) atoms. The van der Waals surface area contributed by atoms with Crippen LogP contribution in [0.2, 0.25) is 0 Å². The topological polar surface area (TPSA) is 66.6 Å². The van der Waals surface area contributed by atoms with Crippen molar-refractivity contribution in [3.63, 3.8) is 0 Å². The van der Waals surface area contributed by atoms with Crippen molar-refractivity contribution in [2.45, 2.75) is 37.9 Å². The lowest BCUT2D eigenvalue weighted by molar-refractivity contribution is -0.104. The van der Waals surface area contributed by atoms with Crippen LogP contribution in [0.3, 0.4) is 0 Å². The molecule has 0 aromatic carbocycles.